The average Bonchev–Trinajstić information content (AvgIpc) is 2.44. The summed E-state index contributed by atoms with van der Waals surface area (Å²) in [7, 11) is 1.10. The Morgan fingerprint density at radius 2 is 1.84 bits per heavy atom. The number of amides is 1. The van der Waals surface area contributed by atoms with Crippen LogP contribution in [0.2, 0.25) is 0 Å². The largest absolute Gasteiger partial charge is 0.463 e. The van der Waals surface area contributed by atoms with Gasteiger partial charge in [0.25, 0.3) is 5.78 Å². The zero-order chi connectivity index (χ0) is 14.3. The lowest BCUT2D eigenvalue weighted by molar-refractivity contribution is -0.152. The van der Waals surface area contributed by atoms with E-state index in [1.54, 1.807) is 12.1 Å². The molecule has 1 aromatic carbocycles. The molecule has 1 rings (SSSR count). The molecule has 1 atom stereocenters. The quantitative estimate of drug-likeness (QED) is 0.635. The Bertz CT molecular complexity index is 457. The van der Waals surface area contributed by atoms with Gasteiger partial charge in [-0.3, -0.25) is 4.79 Å². The molecule has 19 heavy (non-hydrogen) atoms. The van der Waals surface area contributed by atoms with Crippen LogP contribution in [-0.2, 0) is 25.7 Å². The summed E-state index contributed by atoms with van der Waals surface area (Å²) in [6, 6.07) is 8.10. The summed E-state index contributed by atoms with van der Waals surface area (Å²) in [5, 5.41) is 2.25. The molecule has 6 heteroatoms. The van der Waals surface area contributed by atoms with Crippen LogP contribution in [0.25, 0.3) is 0 Å². The normalized spacial score (nSPS) is 11.3. The molecule has 0 aliphatic heterocycles. The van der Waals surface area contributed by atoms with E-state index in [0.29, 0.717) is 0 Å². The number of nitrogens with one attached hydrogen (secondary N) is 1. The van der Waals surface area contributed by atoms with Crippen molar-refractivity contribution >= 4 is 17.8 Å². The van der Waals surface area contributed by atoms with Gasteiger partial charge < -0.3 is 14.8 Å². The molecule has 0 bridgehead atoms. The molecule has 1 amide bonds. The summed E-state index contributed by atoms with van der Waals surface area (Å²) >= 11 is 0. The maximum Gasteiger partial charge on any atom is 0.408 e. The van der Waals surface area contributed by atoms with Gasteiger partial charge in [0.15, 0.2) is 0 Å². The van der Waals surface area contributed by atoms with Crippen molar-refractivity contribution in [2.24, 2.45) is 0 Å². The van der Waals surface area contributed by atoms with Crippen molar-refractivity contribution in [3.8, 4) is 0 Å². The average molecular weight is 265 g/mol. The zero-order valence-electron chi connectivity index (χ0n) is 10.7. The van der Waals surface area contributed by atoms with Crippen molar-refractivity contribution in [2.75, 3.05) is 7.11 Å². The fourth-order valence-corrected chi connectivity index (χ4v) is 1.28. The Kier molecular flexibility index (Phi) is 5.53. The first-order valence-corrected chi connectivity index (χ1v) is 5.64. The predicted octanol–water partition coefficient (Wildman–Crippen LogP) is 1.04. The maximum absolute atomic E-state index is 11.4. The minimum Gasteiger partial charge on any atom is -0.463 e. The van der Waals surface area contributed by atoms with Crippen LogP contribution in [0.5, 0.6) is 0 Å². The molecule has 1 aromatic rings. The third-order valence-corrected chi connectivity index (χ3v) is 2.33. The molecular weight excluding hydrogens is 250 g/mol. The predicted molar refractivity (Wildman–Crippen MR) is 66.2 cm³/mol. The van der Waals surface area contributed by atoms with E-state index >= 15 is 0 Å². The molecule has 0 aromatic heterocycles. The molecule has 0 aliphatic rings. The highest BCUT2D eigenvalue weighted by atomic mass is 16.5. The van der Waals surface area contributed by atoms with Crippen molar-refractivity contribution in [1.82, 2.24) is 5.32 Å². The number of Topliss-reactive ketones (excluding diaryl/α,β-unsaturated/α-hetero) is 1. The Balaban J connectivity index is 2.39. The number of ketones is 1. The lowest BCUT2D eigenvalue weighted by Gasteiger charge is -2.11. The summed E-state index contributed by atoms with van der Waals surface area (Å²) in [4.78, 5) is 33.7. The smallest absolute Gasteiger partial charge is 0.408 e. The van der Waals surface area contributed by atoms with Crippen molar-refractivity contribution < 1.29 is 23.9 Å². The van der Waals surface area contributed by atoms with Gasteiger partial charge in [0, 0.05) is 0 Å². The molecule has 6 nitrogen and oxygen atoms in total. The van der Waals surface area contributed by atoms with E-state index in [1.807, 2.05) is 18.2 Å². The summed E-state index contributed by atoms with van der Waals surface area (Å²) in [6.45, 7) is 1.47. The molecule has 102 valence electrons. The Hall–Kier alpha value is -2.37. The van der Waals surface area contributed by atoms with Crippen molar-refractivity contribution in [3.05, 3.63) is 35.9 Å². The van der Waals surface area contributed by atoms with Gasteiger partial charge in [-0.2, -0.15) is 0 Å². The van der Waals surface area contributed by atoms with Gasteiger partial charge in [0.05, 0.1) is 13.2 Å². The van der Waals surface area contributed by atoms with E-state index < -0.39 is 23.9 Å². The number of carbonyl (C=O) groups is 3. The Morgan fingerprint density at radius 1 is 1.21 bits per heavy atom. The summed E-state index contributed by atoms with van der Waals surface area (Å²) in [5.41, 5.74) is 0.824. The Morgan fingerprint density at radius 3 is 2.42 bits per heavy atom. The minimum atomic E-state index is -1.00. The first-order valence-electron chi connectivity index (χ1n) is 5.64. The van der Waals surface area contributed by atoms with Crippen LogP contribution in [0.15, 0.2) is 30.3 Å². The van der Waals surface area contributed by atoms with Gasteiger partial charge >= 0.3 is 12.1 Å². The molecule has 0 saturated heterocycles. The van der Waals surface area contributed by atoms with Crippen LogP contribution < -0.4 is 5.32 Å². The summed E-state index contributed by atoms with van der Waals surface area (Å²) in [5.74, 6) is -1.84. The zero-order valence-corrected chi connectivity index (χ0v) is 10.7. The minimum absolute atomic E-state index is 0.0891. The van der Waals surface area contributed by atoms with Crippen LogP contribution in [0, 0.1) is 0 Å². The van der Waals surface area contributed by atoms with Crippen LogP contribution in [0.1, 0.15) is 12.5 Å². The van der Waals surface area contributed by atoms with Gasteiger partial charge in [-0.05, 0) is 12.5 Å². The number of methoxy groups -OCH3 is 1. The highest BCUT2D eigenvalue weighted by molar-refractivity contribution is 6.35. The summed E-state index contributed by atoms with van der Waals surface area (Å²) in [6.07, 6.45) is -0.770. The lowest BCUT2D eigenvalue weighted by atomic mass is 10.2. The highest BCUT2D eigenvalue weighted by Gasteiger charge is 2.23. The Labute approximate surface area is 110 Å². The van der Waals surface area contributed by atoms with E-state index in [4.69, 9.17) is 4.74 Å². The lowest BCUT2D eigenvalue weighted by Crippen LogP contribution is -2.42. The number of esters is 1. The molecule has 0 aliphatic carbocycles. The van der Waals surface area contributed by atoms with Crippen molar-refractivity contribution in [2.45, 2.75) is 19.6 Å². The molecule has 0 saturated carbocycles. The van der Waals surface area contributed by atoms with Gasteiger partial charge in [-0.25, -0.2) is 9.59 Å². The summed E-state index contributed by atoms with van der Waals surface area (Å²) < 4.78 is 9.17. The van der Waals surface area contributed by atoms with Gasteiger partial charge in [0.2, 0.25) is 0 Å². The van der Waals surface area contributed by atoms with Crippen LogP contribution in [0.4, 0.5) is 4.79 Å². The van der Waals surface area contributed by atoms with Gasteiger partial charge in [0.1, 0.15) is 6.61 Å². The first-order chi connectivity index (χ1) is 9.04. The molecule has 0 heterocycles. The fourth-order valence-electron chi connectivity index (χ4n) is 1.28. The second kappa shape index (κ2) is 7.15. The number of benzene rings is 1. The molecule has 0 radical (unpaired) electrons. The SMILES string of the molecule is COC(=O)C(=O)C(C)NC(=O)OCc1ccccc1. The molecule has 1 unspecified atom stereocenters. The monoisotopic (exact) mass is 265 g/mol. The number of ether oxygens (including phenoxy) is 2. The van der Waals surface area contributed by atoms with E-state index in [1.165, 1.54) is 6.92 Å². The first kappa shape index (κ1) is 14.7. The van der Waals surface area contributed by atoms with E-state index in [2.05, 4.69) is 10.1 Å². The number of carbonyl (C=O) groups excluding carboxylic acids is 3. The van der Waals surface area contributed by atoms with Crippen molar-refractivity contribution in [3.63, 3.8) is 0 Å². The standard InChI is InChI=1S/C13H15NO5/c1-9(11(15)12(16)18-2)14-13(17)19-8-10-6-4-3-5-7-10/h3-7,9H,8H2,1-2H3,(H,14,17). The van der Waals surface area contributed by atoms with Crippen LogP contribution in [0.3, 0.4) is 0 Å². The number of alkyl carbamates (subject to hydrolysis) is 1. The van der Waals surface area contributed by atoms with Crippen LogP contribution >= 0.6 is 0 Å². The topological polar surface area (TPSA) is 81.7 Å². The second-order valence-electron chi connectivity index (χ2n) is 3.78. The van der Waals surface area contributed by atoms with Gasteiger partial charge in [-0.15, -0.1) is 0 Å². The van der Waals surface area contributed by atoms with Crippen LogP contribution in [-0.4, -0.2) is 31.0 Å². The number of hydrogen-bond acceptors (Lipinski definition) is 5. The maximum atomic E-state index is 11.4. The van der Waals surface area contributed by atoms with E-state index in [9.17, 15) is 14.4 Å². The fraction of sp³-hybridized carbons (Fsp3) is 0.308. The molecule has 1 N–H and O–H groups in total. The number of hydrogen-bond donors (Lipinski definition) is 1. The van der Waals surface area contributed by atoms with E-state index in [0.717, 1.165) is 12.7 Å². The third kappa shape index (κ3) is 4.79. The molecule has 0 spiro atoms. The molecular formula is C13H15NO5. The molecule has 0 fully saturated rings. The highest BCUT2D eigenvalue weighted by Crippen LogP contribution is 2.00. The third-order valence-electron chi connectivity index (χ3n) is 2.33. The second-order valence-corrected chi connectivity index (χ2v) is 3.78. The van der Waals surface area contributed by atoms with E-state index in [-0.39, 0.29) is 6.61 Å². The van der Waals surface area contributed by atoms with Crippen molar-refractivity contribution in [1.29, 1.82) is 0 Å². The number of rotatable bonds is 5. The van der Waals surface area contributed by atoms with Gasteiger partial charge in [-0.1, -0.05) is 30.3 Å².